The molecular weight excluding hydrogens is 502 g/mol. The van der Waals surface area contributed by atoms with Gasteiger partial charge in [-0.15, -0.1) is 4.48 Å². The van der Waals surface area contributed by atoms with Crippen molar-refractivity contribution in [3.05, 3.63) is 71.8 Å². The number of carboxylic acid groups (broad SMARTS) is 1. The first kappa shape index (κ1) is 29.9. The summed E-state index contributed by atoms with van der Waals surface area (Å²) < 4.78 is 4.37. The fourth-order valence-electron chi connectivity index (χ4n) is 4.80. The lowest BCUT2D eigenvalue weighted by Crippen LogP contribution is -2.73. The maximum atomic E-state index is 14.0. The maximum absolute atomic E-state index is 14.0. The van der Waals surface area contributed by atoms with Crippen molar-refractivity contribution < 1.29 is 38.3 Å². The van der Waals surface area contributed by atoms with E-state index in [2.05, 4.69) is 10.8 Å². The van der Waals surface area contributed by atoms with E-state index in [0.29, 0.717) is 12.8 Å². The number of hydrogen-bond donors (Lipinski definition) is 3. The van der Waals surface area contributed by atoms with Crippen molar-refractivity contribution in [3.8, 4) is 0 Å². The number of carbonyl (C=O) groups is 4. The van der Waals surface area contributed by atoms with Gasteiger partial charge in [0, 0.05) is 13.0 Å². The lowest BCUT2D eigenvalue weighted by Gasteiger charge is -2.40. The van der Waals surface area contributed by atoms with E-state index in [-0.39, 0.29) is 39.3 Å². The van der Waals surface area contributed by atoms with Gasteiger partial charge in [-0.25, -0.2) is 15.1 Å². The normalized spacial score (nSPS) is 19.6. The zero-order chi connectivity index (χ0) is 28.1. The fourth-order valence-corrected chi connectivity index (χ4v) is 4.80. The average Bonchev–Trinajstić information content (AvgIpc) is 2.96. The van der Waals surface area contributed by atoms with Gasteiger partial charge in [0.1, 0.15) is 13.2 Å². The summed E-state index contributed by atoms with van der Waals surface area (Å²) in [7, 11) is 0. The zero-order valence-corrected chi connectivity index (χ0v) is 22.3. The summed E-state index contributed by atoms with van der Waals surface area (Å²) in [5.74, 6) is -2.87. The highest BCUT2D eigenvalue weighted by Gasteiger charge is 2.58. The summed E-state index contributed by atoms with van der Waals surface area (Å²) in [6.45, 7) is 2.20. The first-order chi connectivity index (χ1) is 18.9. The smallest absolute Gasteiger partial charge is 0.456 e. The third kappa shape index (κ3) is 8.19. The van der Waals surface area contributed by atoms with E-state index in [1.54, 1.807) is 12.1 Å². The van der Waals surface area contributed by atoms with E-state index < -0.39 is 40.3 Å². The van der Waals surface area contributed by atoms with Crippen LogP contribution in [0, 0.1) is 5.92 Å². The van der Waals surface area contributed by atoms with Crippen LogP contribution in [0.2, 0.25) is 0 Å². The number of quaternary nitrogens is 1. The molecule has 2 aromatic carbocycles. The highest BCUT2D eigenvalue weighted by Crippen LogP contribution is 2.28. The minimum atomic E-state index is -1.43. The minimum Gasteiger partial charge on any atom is -0.456 e. The summed E-state index contributed by atoms with van der Waals surface area (Å²) in [6.07, 6.45) is 1.02. The fraction of sp³-hybridized carbons (Fsp3) is 0.448. The number of esters is 1. The number of imide groups is 1. The monoisotopic (exact) mass is 540 g/mol. The molecule has 1 fully saturated rings. The topological polar surface area (TPSA) is 131 Å². The second kappa shape index (κ2) is 15.1. The number of benzene rings is 2. The van der Waals surface area contributed by atoms with E-state index in [4.69, 9.17) is 9.57 Å². The van der Waals surface area contributed by atoms with Gasteiger partial charge in [-0.2, -0.15) is 4.79 Å². The molecule has 0 spiro atoms. The molecule has 3 rings (SSSR count). The molecule has 0 bridgehead atoms. The molecule has 1 unspecified atom stereocenters. The number of nitrogens with zero attached hydrogens (tertiary/aromatic N) is 1. The Balaban J connectivity index is 1.75. The van der Waals surface area contributed by atoms with Crippen LogP contribution in [0.25, 0.3) is 0 Å². The van der Waals surface area contributed by atoms with Crippen LogP contribution in [-0.2, 0) is 37.2 Å². The lowest BCUT2D eigenvalue weighted by molar-refractivity contribution is -0.804. The molecule has 10 heteroatoms. The van der Waals surface area contributed by atoms with Crippen molar-refractivity contribution >= 4 is 23.9 Å². The molecule has 0 aliphatic carbocycles. The molecule has 0 radical (unpaired) electrons. The summed E-state index contributed by atoms with van der Waals surface area (Å²) in [5.41, 5.74) is 3.99. The quantitative estimate of drug-likeness (QED) is 0.152. The Morgan fingerprint density at radius 2 is 1.64 bits per heavy atom. The van der Waals surface area contributed by atoms with Gasteiger partial charge in [0.15, 0.2) is 0 Å². The van der Waals surface area contributed by atoms with E-state index >= 15 is 0 Å². The number of unbranched alkanes of at least 4 members (excludes halogenated alkanes) is 2. The summed E-state index contributed by atoms with van der Waals surface area (Å²) in [5, 5.41) is 13.4. The van der Waals surface area contributed by atoms with Crippen LogP contribution in [-0.4, -0.2) is 59.1 Å². The van der Waals surface area contributed by atoms with Gasteiger partial charge < -0.3 is 15.2 Å². The van der Waals surface area contributed by atoms with E-state index in [1.807, 2.05) is 55.5 Å². The third-order valence-electron chi connectivity index (χ3n) is 6.95. The first-order valence-electron chi connectivity index (χ1n) is 13.4. The maximum Gasteiger partial charge on any atom is 0.521 e. The number of rotatable bonds is 13. The van der Waals surface area contributed by atoms with Crippen molar-refractivity contribution in [3.63, 3.8) is 0 Å². The average molecular weight is 541 g/mol. The number of amides is 3. The zero-order valence-electron chi connectivity index (χ0n) is 22.3. The Bertz CT molecular complexity index is 1100. The number of carbonyl (C=O) groups excluding carboxylic acids is 3. The molecule has 0 aromatic heterocycles. The summed E-state index contributed by atoms with van der Waals surface area (Å²) in [4.78, 5) is 58.0. The Hall–Kier alpha value is -3.60. The van der Waals surface area contributed by atoms with Crippen molar-refractivity contribution in [1.29, 1.82) is 0 Å². The van der Waals surface area contributed by atoms with Gasteiger partial charge in [0.2, 0.25) is 11.9 Å². The van der Waals surface area contributed by atoms with Crippen molar-refractivity contribution in [2.45, 2.75) is 58.3 Å². The second-order valence-corrected chi connectivity index (χ2v) is 9.72. The molecule has 210 valence electrons. The molecular formula is C29H38N3O7+. The van der Waals surface area contributed by atoms with Gasteiger partial charge in [0.25, 0.3) is 0 Å². The highest BCUT2D eigenvalue weighted by atomic mass is 16.6. The van der Waals surface area contributed by atoms with Gasteiger partial charge in [0.05, 0.1) is 19.1 Å². The predicted octanol–water partition coefficient (Wildman–Crippen LogP) is 3.56. The largest absolute Gasteiger partial charge is 0.521 e. The highest BCUT2D eigenvalue weighted by molar-refractivity contribution is 5.90. The van der Waals surface area contributed by atoms with Crippen LogP contribution in [0.1, 0.15) is 50.2 Å². The standard InChI is InChI=1S/C29H37N3O7/c1-2-3-6-15-24(18-26(33)31-39-21-23-13-9-5-10-14-23)27(34)32(29(36)37)17-16-30-19-25(32)28(35)38-20-22-11-7-4-8-12-22/h4-5,7-14,24-25,30H,2-3,6,15-21H2,1H3,(H-,31,33,36,37)/p+1/t24-,25?,32+/m0/s1. The molecule has 2 aromatic rings. The molecule has 39 heavy (non-hydrogen) atoms. The number of ether oxygens (including phenoxy) is 1. The van der Waals surface area contributed by atoms with Gasteiger partial charge >= 0.3 is 18.0 Å². The SMILES string of the molecule is CCCCC[C@@H](CC(=O)NOCc1ccccc1)C(=O)[N@@+]1(C(=O)O)CCNCC1C(=O)OCc1ccccc1. The summed E-state index contributed by atoms with van der Waals surface area (Å²) in [6, 6.07) is 17.0. The Labute approximate surface area is 228 Å². The molecule has 1 saturated heterocycles. The van der Waals surface area contributed by atoms with Crippen LogP contribution in [0.3, 0.4) is 0 Å². The van der Waals surface area contributed by atoms with Crippen LogP contribution >= 0.6 is 0 Å². The van der Waals surface area contributed by atoms with E-state index in [1.165, 1.54) is 0 Å². The second-order valence-electron chi connectivity index (χ2n) is 9.72. The predicted molar refractivity (Wildman–Crippen MR) is 143 cm³/mol. The molecule has 3 amide bonds. The Morgan fingerprint density at radius 3 is 2.26 bits per heavy atom. The molecule has 1 heterocycles. The van der Waals surface area contributed by atoms with Crippen molar-refractivity contribution in [2.24, 2.45) is 5.92 Å². The molecule has 1 aliphatic rings. The Kier molecular flexibility index (Phi) is 11.6. The molecule has 10 nitrogen and oxygen atoms in total. The summed E-state index contributed by atoms with van der Waals surface area (Å²) >= 11 is 0. The van der Waals surface area contributed by atoms with Crippen LogP contribution in [0.15, 0.2) is 60.7 Å². The minimum absolute atomic E-state index is 0.0280. The van der Waals surface area contributed by atoms with E-state index in [0.717, 1.165) is 24.0 Å². The van der Waals surface area contributed by atoms with Gasteiger partial charge in [-0.1, -0.05) is 86.8 Å². The number of hydroxylamine groups is 1. The van der Waals surface area contributed by atoms with Gasteiger partial charge in [-0.3, -0.25) is 9.63 Å². The molecule has 3 N–H and O–H groups in total. The number of piperazine rings is 1. The van der Waals surface area contributed by atoms with Gasteiger partial charge in [-0.05, 0) is 17.5 Å². The Morgan fingerprint density at radius 1 is 1.00 bits per heavy atom. The van der Waals surface area contributed by atoms with E-state index in [9.17, 15) is 24.3 Å². The van der Waals surface area contributed by atoms with Crippen molar-refractivity contribution in [2.75, 3.05) is 19.6 Å². The van der Waals surface area contributed by atoms with Crippen molar-refractivity contribution in [1.82, 2.24) is 10.8 Å². The first-order valence-corrected chi connectivity index (χ1v) is 13.4. The molecule has 3 atom stereocenters. The van der Waals surface area contributed by atoms with Crippen LogP contribution in [0.4, 0.5) is 4.79 Å². The van der Waals surface area contributed by atoms with Crippen LogP contribution < -0.4 is 10.8 Å². The molecule has 0 saturated carbocycles. The third-order valence-corrected chi connectivity index (χ3v) is 6.95. The molecule has 1 aliphatic heterocycles. The van der Waals surface area contributed by atoms with Crippen LogP contribution in [0.5, 0.6) is 0 Å². The number of hydrogen-bond acceptors (Lipinski definition) is 7. The number of nitrogens with one attached hydrogen (secondary N) is 2. The lowest BCUT2D eigenvalue weighted by atomic mass is 9.93.